The Hall–Kier alpha value is -3.28. The molecule has 0 aliphatic rings. The molecule has 1 aromatic heterocycles. The summed E-state index contributed by atoms with van der Waals surface area (Å²) >= 11 is 0. The highest BCUT2D eigenvalue weighted by Gasteiger charge is 2.13. The monoisotopic (exact) mass is 323 g/mol. The highest BCUT2D eigenvalue weighted by atomic mass is 16.5. The SMILES string of the molecule is COc1ccc(C(=O)Nc2ccccc2-n2cccn2)cc1OC. The molecule has 6 nitrogen and oxygen atoms in total. The number of aromatic nitrogens is 2. The maximum Gasteiger partial charge on any atom is 0.255 e. The lowest BCUT2D eigenvalue weighted by molar-refractivity contribution is 0.102. The van der Waals surface area contributed by atoms with E-state index in [1.54, 1.807) is 36.2 Å². The summed E-state index contributed by atoms with van der Waals surface area (Å²) in [5, 5.41) is 7.11. The van der Waals surface area contributed by atoms with Crippen molar-refractivity contribution in [3.63, 3.8) is 0 Å². The summed E-state index contributed by atoms with van der Waals surface area (Å²) in [6.07, 6.45) is 3.51. The topological polar surface area (TPSA) is 65.4 Å². The second kappa shape index (κ2) is 6.87. The molecule has 0 unspecified atom stereocenters. The summed E-state index contributed by atoms with van der Waals surface area (Å²) in [7, 11) is 3.09. The first kappa shape index (κ1) is 15.6. The normalized spacial score (nSPS) is 10.2. The number of hydrogen-bond acceptors (Lipinski definition) is 4. The number of hydrogen-bond donors (Lipinski definition) is 1. The largest absolute Gasteiger partial charge is 0.493 e. The Morgan fingerprint density at radius 3 is 2.54 bits per heavy atom. The number of amides is 1. The summed E-state index contributed by atoms with van der Waals surface area (Å²) in [5.74, 6) is 0.840. The van der Waals surface area contributed by atoms with E-state index in [1.807, 2.05) is 36.5 Å². The van der Waals surface area contributed by atoms with Crippen LogP contribution in [0.3, 0.4) is 0 Å². The number of carbonyl (C=O) groups is 1. The maximum absolute atomic E-state index is 12.6. The number of ether oxygens (including phenoxy) is 2. The van der Waals surface area contributed by atoms with Crippen molar-refractivity contribution in [2.45, 2.75) is 0 Å². The summed E-state index contributed by atoms with van der Waals surface area (Å²) < 4.78 is 12.1. The lowest BCUT2D eigenvalue weighted by Crippen LogP contribution is -2.14. The van der Waals surface area contributed by atoms with Crippen LogP contribution in [0.15, 0.2) is 60.9 Å². The Bertz CT molecular complexity index is 844. The number of nitrogens with one attached hydrogen (secondary N) is 1. The Balaban J connectivity index is 1.88. The molecular formula is C18H17N3O3. The summed E-state index contributed by atoms with van der Waals surface area (Å²) in [6, 6.07) is 14.3. The van der Waals surface area contributed by atoms with E-state index in [9.17, 15) is 4.79 Å². The molecule has 1 N–H and O–H groups in total. The van der Waals surface area contributed by atoms with Crippen molar-refractivity contribution in [3.8, 4) is 17.2 Å². The molecule has 0 atom stereocenters. The van der Waals surface area contributed by atoms with Crippen LogP contribution in [0.25, 0.3) is 5.69 Å². The molecule has 3 aromatic rings. The van der Waals surface area contributed by atoms with Crippen molar-refractivity contribution in [1.82, 2.24) is 9.78 Å². The van der Waals surface area contributed by atoms with E-state index in [4.69, 9.17) is 9.47 Å². The first-order valence-electron chi connectivity index (χ1n) is 7.35. The van der Waals surface area contributed by atoms with E-state index < -0.39 is 0 Å². The molecule has 122 valence electrons. The Kier molecular flexibility index (Phi) is 4.47. The number of para-hydroxylation sites is 2. The van der Waals surface area contributed by atoms with Crippen LogP contribution >= 0.6 is 0 Å². The molecule has 0 bridgehead atoms. The minimum atomic E-state index is -0.240. The maximum atomic E-state index is 12.6. The van der Waals surface area contributed by atoms with Gasteiger partial charge in [-0.25, -0.2) is 4.68 Å². The third kappa shape index (κ3) is 3.08. The van der Waals surface area contributed by atoms with Gasteiger partial charge in [0.2, 0.25) is 0 Å². The van der Waals surface area contributed by atoms with Gasteiger partial charge in [-0.2, -0.15) is 5.10 Å². The Morgan fingerprint density at radius 2 is 1.83 bits per heavy atom. The molecule has 3 rings (SSSR count). The van der Waals surface area contributed by atoms with Gasteiger partial charge in [0.15, 0.2) is 11.5 Å². The van der Waals surface area contributed by atoms with E-state index in [0.29, 0.717) is 22.7 Å². The van der Waals surface area contributed by atoms with Gasteiger partial charge in [-0.1, -0.05) is 12.1 Å². The van der Waals surface area contributed by atoms with E-state index in [-0.39, 0.29) is 5.91 Å². The molecule has 0 aliphatic heterocycles. The van der Waals surface area contributed by atoms with Crippen LogP contribution in [0.4, 0.5) is 5.69 Å². The smallest absolute Gasteiger partial charge is 0.255 e. The number of rotatable bonds is 5. The van der Waals surface area contributed by atoms with Gasteiger partial charge in [0, 0.05) is 18.0 Å². The van der Waals surface area contributed by atoms with Gasteiger partial charge < -0.3 is 14.8 Å². The van der Waals surface area contributed by atoms with E-state index in [2.05, 4.69) is 10.4 Å². The predicted molar refractivity (Wildman–Crippen MR) is 91.1 cm³/mol. The first-order valence-corrected chi connectivity index (χ1v) is 7.35. The number of anilines is 1. The molecule has 0 spiro atoms. The van der Waals surface area contributed by atoms with Crippen molar-refractivity contribution in [2.75, 3.05) is 19.5 Å². The van der Waals surface area contributed by atoms with Gasteiger partial charge in [0.25, 0.3) is 5.91 Å². The minimum Gasteiger partial charge on any atom is -0.493 e. The molecule has 0 saturated carbocycles. The quantitative estimate of drug-likeness (QED) is 0.783. The van der Waals surface area contributed by atoms with Crippen molar-refractivity contribution < 1.29 is 14.3 Å². The molecule has 24 heavy (non-hydrogen) atoms. The second-order valence-corrected chi connectivity index (χ2v) is 4.99. The average molecular weight is 323 g/mol. The standard InChI is InChI=1S/C18H17N3O3/c1-23-16-9-8-13(12-17(16)24-2)18(22)20-14-6-3-4-7-15(14)21-11-5-10-19-21/h3-12H,1-2H3,(H,20,22). The zero-order valence-corrected chi connectivity index (χ0v) is 13.4. The zero-order chi connectivity index (χ0) is 16.9. The molecule has 0 fully saturated rings. The van der Waals surface area contributed by atoms with E-state index in [0.717, 1.165) is 5.69 Å². The van der Waals surface area contributed by atoms with Crippen molar-refractivity contribution in [2.24, 2.45) is 0 Å². The fraction of sp³-hybridized carbons (Fsp3) is 0.111. The molecule has 0 saturated heterocycles. The Labute approximate surface area is 139 Å². The number of methoxy groups -OCH3 is 2. The molecule has 1 amide bonds. The first-order chi connectivity index (χ1) is 11.7. The molecule has 1 heterocycles. The number of nitrogens with zero attached hydrogens (tertiary/aromatic N) is 2. The fourth-order valence-corrected chi connectivity index (χ4v) is 2.36. The van der Waals surface area contributed by atoms with Crippen LogP contribution in [0.5, 0.6) is 11.5 Å². The van der Waals surface area contributed by atoms with Gasteiger partial charge in [-0.3, -0.25) is 4.79 Å². The number of benzene rings is 2. The minimum absolute atomic E-state index is 0.240. The van der Waals surface area contributed by atoms with Crippen molar-refractivity contribution in [1.29, 1.82) is 0 Å². The second-order valence-electron chi connectivity index (χ2n) is 4.99. The summed E-state index contributed by atoms with van der Waals surface area (Å²) in [4.78, 5) is 12.6. The molecule has 0 radical (unpaired) electrons. The van der Waals surface area contributed by atoms with Gasteiger partial charge in [-0.15, -0.1) is 0 Å². The predicted octanol–water partition coefficient (Wildman–Crippen LogP) is 3.14. The third-order valence-corrected chi connectivity index (χ3v) is 3.55. The fourth-order valence-electron chi connectivity index (χ4n) is 2.36. The van der Waals surface area contributed by atoms with Crippen LogP contribution in [0, 0.1) is 0 Å². The van der Waals surface area contributed by atoms with Crippen LogP contribution in [-0.4, -0.2) is 29.9 Å². The highest BCUT2D eigenvalue weighted by Crippen LogP contribution is 2.28. The van der Waals surface area contributed by atoms with Gasteiger partial charge >= 0.3 is 0 Å². The molecule has 2 aromatic carbocycles. The van der Waals surface area contributed by atoms with Crippen LogP contribution in [0.1, 0.15) is 10.4 Å². The lowest BCUT2D eigenvalue weighted by Gasteiger charge is -2.12. The third-order valence-electron chi connectivity index (χ3n) is 3.55. The molecule has 0 aliphatic carbocycles. The van der Waals surface area contributed by atoms with Gasteiger partial charge in [0.1, 0.15) is 0 Å². The summed E-state index contributed by atoms with van der Waals surface area (Å²) in [6.45, 7) is 0. The van der Waals surface area contributed by atoms with E-state index in [1.165, 1.54) is 7.11 Å². The lowest BCUT2D eigenvalue weighted by atomic mass is 10.1. The van der Waals surface area contributed by atoms with E-state index >= 15 is 0 Å². The molecule has 6 heteroatoms. The van der Waals surface area contributed by atoms with Gasteiger partial charge in [-0.05, 0) is 36.4 Å². The zero-order valence-electron chi connectivity index (χ0n) is 13.4. The average Bonchev–Trinajstić information content (AvgIpc) is 3.16. The highest BCUT2D eigenvalue weighted by molar-refractivity contribution is 6.05. The number of carbonyl (C=O) groups excluding carboxylic acids is 1. The van der Waals surface area contributed by atoms with Crippen molar-refractivity contribution in [3.05, 3.63) is 66.5 Å². The van der Waals surface area contributed by atoms with Crippen LogP contribution in [0.2, 0.25) is 0 Å². The van der Waals surface area contributed by atoms with Crippen molar-refractivity contribution >= 4 is 11.6 Å². The van der Waals surface area contributed by atoms with Gasteiger partial charge in [0.05, 0.1) is 25.6 Å². The summed E-state index contributed by atoms with van der Waals surface area (Å²) in [5.41, 5.74) is 1.93. The van der Waals surface area contributed by atoms with Crippen LogP contribution in [-0.2, 0) is 0 Å². The Morgan fingerprint density at radius 1 is 1.04 bits per heavy atom. The van der Waals surface area contributed by atoms with Crippen LogP contribution < -0.4 is 14.8 Å². The molecular weight excluding hydrogens is 306 g/mol.